The zero-order valence-corrected chi connectivity index (χ0v) is 17.2. The fourth-order valence-corrected chi connectivity index (χ4v) is 4.43. The first-order valence-corrected chi connectivity index (χ1v) is 10.8. The Morgan fingerprint density at radius 2 is 1.93 bits per heavy atom. The van der Waals surface area contributed by atoms with Gasteiger partial charge in [0.25, 0.3) is 0 Å². The van der Waals surface area contributed by atoms with Gasteiger partial charge in [0.1, 0.15) is 5.38 Å². The van der Waals surface area contributed by atoms with E-state index >= 15 is 0 Å². The number of halogens is 1. The molecule has 1 fully saturated rings. The van der Waals surface area contributed by atoms with Crippen LogP contribution in [-0.2, 0) is 9.59 Å². The Bertz CT molecular complexity index is 779. The van der Waals surface area contributed by atoms with Gasteiger partial charge in [0, 0.05) is 31.9 Å². The third-order valence-electron chi connectivity index (χ3n) is 3.98. The number of benzene rings is 1. The third-order valence-corrected chi connectivity index (χ3v) is 6.29. The van der Waals surface area contributed by atoms with E-state index in [9.17, 15) is 9.59 Å². The molecular formula is C17H20ClN5O2S2. The van der Waals surface area contributed by atoms with Crippen molar-refractivity contribution in [1.29, 1.82) is 0 Å². The number of carbonyl (C=O) groups excluding carboxylic acids is 2. The van der Waals surface area contributed by atoms with E-state index in [1.807, 2.05) is 30.3 Å². The van der Waals surface area contributed by atoms with Crippen molar-refractivity contribution in [2.45, 2.75) is 16.6 Å². The summed E-state index contributed by atoms with van der Waals surface area (Å²) in [5, 5.41) is 11.5. The molecule has 7 nitrogen and oxygen atoms in total. The summed E-state index contributed by atoms with van der Waals surface area (Å²) in [7, 11) is 0. The van der Waals surface area contributed by atoms with Crippen LogP contribution in [0.1, 0.15) is 6.92 Å². The number of carbonyl (C=O) groups is 2. The zero-order valence-electron chi connectivity index (χ0n) is 14.8. The predicted molar refractivity (Wildman–Crippen MR) is 110 cm³/mol. The summed E-state index contributed by atoms with van der Waals surface area (Å²) in [5.41, 5.74) is 0.778. The highest BCUT2D eigenvalue weighted by Crippen LogP contribution is 2.28. The average Bonchev–Trinajstić information content (AvgIpc) is 3.16. The number of hydrogen-bond donors (Lipinski definition) is 1. The summed E-state index contributed by atoms with van der Waals surface area (Å²) in [5.74, 6) is 0.166. The van der Waals surface area contributed by atoms with E-state index in [0.717, 1.165) is 15.2 Å². The maximum absolute atomic E-state index is 12.0. The molecule has 0 spiro atoms. The Balaban J connectivity index is 1.46. The van der Waals surface area contributed by atoms with Crippen LogP contribution in [-0.4, -0.2) is 64.2 Å². The van der Waals surface area contributed by atoms with E-state index in [1.54, 1.807) is 11.8 Å². The molecule has 27 heavy (non-hydrogen) atoms. The van der Waals surface area contributed by atoms with Gasteiger partial charge in [-0.1, -0.05) is 41.3 Å². The fraction of sp³-hybridized carbons (Fsp3) is 0.412. The van der Waals surface area contributed by atoms with Crippen LogP contribution in [0.15, 0.2) is 34.7 Å². The summed E-state index contributed by atoms with van der Waals surface area (Å²) in [6, 6.07) is 9.35. The van der Waals surface area contributed by atoms with Gasteiger partial charge in [0.2, 0.25) is 16.9 Å². The SMILES string of the molecule is CC(Cl)C(=O)N1CCN(c2nnc(SCC(=O)Nc3ccccc3)s2)CC1. The lowest BCUT2D eigenvalue weighted by molar-refractivity contribution is -0.130. The molecule has 0 aliphatic carbocycles. The summed E-state index contributed by atoms with van der Waals surface area (Å²) in [6.07, 6.45) is 0. The number of piperazine rings is 1. The number of hydrogen-bond acceptors (Lipinski definition) is 7. The molecule has 1 aromatic carbocycles. The van der Waals surface area contributed by atoms with Gasteiger partial charge >= 0.3 is 0 Å². The number of aromatic nitrogens is 2. The highest BCUT2D eigenvalue weighted by atomic mass is 35.5. The van der Waals surface area contributed by atoms with Crippen LogP contribution >= 0.6 is 34.7 Å². The van der Waals surface area contributed by atoms with Crippen LogP contribution in [0.5, 0.6) is 0 Å². The average molecular weight is 426 g/mol. The van der Waals surface area contributed by atoms with E-state index in [-0.39, 0.29) is 17.6 Å². The molecule has 1 aliphatic heterocycles. The second-order valence-corrected chi connectivity index (χ2v) is 8.81. The van der Waals surface area contributed by atoms with Gasteiger partial charge in [-0.25, -0.2) is 0 Å². The van der Waals surface area contributed by atoms with Crippen LogP contribution in [0, 0.1) is 0 Å². The molecule has 3 rings (SSSR count). The maximum Gasteiger partial charge on any atom is 0.240 e. The highest BCUT2D eigenvalue weighted by Gasteiger charge is 2.25. The van der Waals surface area contributed by atoms with Crippen molar-refractivity contribution in [2.75, 3.05) is 42.1 Å². The van der Waals surface area contributed by atoms with Crippen molar-refractivity contribution >= 4 is 57.3 Å². The number of nitrogens with one attached hydrogen (secondary N) is 1. The second kappa shape index (κ2) is 9.38. The minimum atomic E-state index is -0.497. The summed E-state index contributed by atoms with van der Waals surface area (Å²) < 4.78 is 0.751. The van der Waals surface area contributed by atoms with Gasteiger partial charge in [-0.05, 0) is 19.1 Å². The zero-order chi connectivity index (χ0) is 19.2. The lowest BCUT2D eigenvalue weighted by Gasteiger charge is -2.34. The number of nitrogens with zero attached hydrogens (tertiary/aromatic N) is 4. The first kappa shape index (κ1) is 19.9. The van der Waals surface area contributed by atoms with Crippen LogP contribution < -0.4 is 10.2 Å². The van der Waals surface area contributed by atoms with E-state index in [2.05, 4.69) is 20.4 Å². The second-order valence-electron chi connectivity index (χ2n) is 5.98. The van der Waals surface area contributed by atoms with Crippen molar-refractivity contribution in [3.63, 3.8) is 0 Å². The van der Waals surface area contributed by atoms with E-state index in [0.29, 0.717) is 26.2 Å². The van der Waals surface area contributed by atoms with Gasteiger partial charge in [-0.2, -0.15) is 0 Å². The van der Waals surface area contributed by atoms with Gasteiger partial charge in [-0.15, -0.1) is 21.8 Å². The first-order valence-electron chi connectivity index (χ1n) is 8.52. The predicted octanol–water partition coefficient (Wildman–Crippen LogP) is 2.54. The Kier molecular flexibility index (Phi) is 6.92. The summed E-state index contributed by atoms with van der Waals surface area (Å²) >= 11 is 8.70. The molecule has 0 radical (unpaired) electrons. The van der Waals surface area contributed by atoms with Gasteiger partial charge in [-0.3, -0.25) is 9.59 Å². The number of alkyl halides is 1. The van der Waals surface area contributed by atoms with Gasteiger partial charge in [0.15, 0.2) is 4.34 Å². The Hall–Kier alpha value is -1.84. The van der Waals surface area contributed by atoms with Crippen molar-refractivity contribution in [3.8, 4) is 0 Å². The maximum atomic E-state index is 12.0. The molecular weight excluding hydrogens is 406 g/mol. The van der Waals surface area contributed by atoms with E-state index in [1.165, 1.54) is 23.1 Å². The van der Waals surface area contributed by atoms with Crippen LogP contribution in [0.25, 0.3) is 0 Å². The number of rotatable bonds is 6. The smallest absolute Gasteiger partial charge is 0.240 e. The Morgan fingerprint density at radius 3 is 2.59 bits per heavy atom. The lowest BCUT2D eigenvalue weighted by Crippen LogP contribution is -2.50. The standard InChI is InChI=1S/C17H20ClN5O2S2/c1-12(18)15(25)22-7-9-23(10-8-22)16-20-21-17(27-16)26-11-14(24)19-13-5-3-2-4-6-13/h2-6,12H,7-11H2,1H3,(H,19,24). The highest BCUT2D eigenvalue weighted by molar-refractivity contribution is 8.01. The third kappa shape index (κ3) is 5.57. The molecule has 1 N–H and O–H groups in total. The number of anilines is 2. The van der Waals surface area contributed by atoms with Crippen LogP contribution in [0.4, 0.5) is 10.8 Å². The topological polar surface area (TPSA) is 78.4 Å². The molecule has 1 aliphatic rings. The van der Waals surface area contributed by atoms with Gasteiger partial charge in [0.05, 0.1) is 5.75 Å². The fourth-order valence-electron chi connectivity index (χ4n) is 2.60. The van der Waals surface area contributed by atoms with Crippen LogP contribution in [0.2, 0.25) is 0 Å². The van der Waals surface area contributed by atoms with E-state index in [4.69, 9.17) is 11.6 Å². The molecule has 2 amide bonds. The molecule has 1 saturated heterocycles. The molecule has 1 atom stereocenters. The Labute approximate surface area is 171 Å². The Morgan fingerprint density at radius 1 is 1.22 bits per heavy atom. The summed E-state index contributed by atoms with van der Waals surface area (Å²) in [6.45, 7) is 4.33. The van der Waals surface area contributed by atoms with Crippen molar-refractivity contribution in [2.24, 2.45) is 0 Å². The molecule has 1 aromatic heterocycles. The van der Waals surface area contributed by atoms with Crippen molar-refractivity contribution in [3.05, 3.63) is 30.3 Å². The summed E-state index contributed by atoms with van der Waals surface area (Å²) in [4.78, 5) is 27.8. The van der Waals surface area contributed by atoms with Gasteiger partial charge < -0.3 is 15.1 Å². The normalized spacial score (nSPS) is 15.5. The lowest BCUT2D eigenvalue weighted by atomic mass is 10.3. The van der Waals surface area contributed by atoms with Crippen molar-refractivity contribution < 1.29 is 9.59 Å². The minimum absolute atomic E-state index is 0.0331. The monoisotopic (exact) mass is 425 g/mol. The molecule has 144 valence electrons. The first-order chi connectivity index (χ1) is 13.0. The minimum Gasteiger partial charge on any atom is -0.343 e. The number of amides is 2. The quantitative estimate of drug-likeness (QED) is 0.566. The van der Waals surface area contributed by atoms with Crippen molar-refractivity contribution in [1.82, 2.24) is 15.1 Å². The number of thioether (sulfide) groups is 1. The molecule has 1 unspecified atom stereocenters. The molecule has 0 saturated carbocycles. The number of para-hydroxylation sites is 1. The molecule has 10 heteroatoms. The molecule has 2 heterocycles. The van der Waals surface area contributed by atoms with E-state index < -0.39 is 5.38 Å². The van der Waals surface area contributed by atoms with Crippen LogP contribution in [0.3, 0.4) is 0 Å². The molecule has 2 aromatic rings. The largest absolute Gasteiger partial charge is 0.343 e. The molecule has 0 bridgehead atoms.